The van der Waals surface area contributed by atoms with E-state index in [2.05, 4.69) is 21.6 Å². The summed E-state index contributed by atoms with van der Waals surface area (Å²) in [4.78, 5) is 12.0. The number of carbonyl (C=O) groups excluding carboxylic acids is 1. The van der Waals surface area contributed by atoms with E-state index in [-0.39, 0.29) is 5.91 Å². The van der Waals surface area contributed by atoms with Gasteiger partial charge in [0, 0.05) is 13.0 Å². The molecule has 0 spiro atoms. The molecule has 0 heterocycles. The molecule has 0 bridgehead atoms. The van der Waals surface area contributed by atoms with E-state index in [1.165, 1.54) is 0 Å². The Bertz CT molecular complexity index is 777. The van der Waals surface area contributed by atoms with Crippen LogP contribution in [0.2, 0.25) is 0 Å². The van der Waals surface area contributed by atoms with E-state index in [1.807, 2.05) is 48.5 Å². The second-order valence-electron chi connectivity index (χ2n) is 6.02. The van der Waals surface area contributed by atoms with Crippen molar-refractivity contribution in [2.45, 2.75) is 25.7 Å². The predicted octanol–water partition coefficient (Wildman–Crippen LogP) is 3.98. The lowest BCUT2D eigenvalue weighted by atomic mass is 10.1. The molecule has 0 saturated carbocycles. The maximum atomic E-state index is 12.0. The minimum atomic E-state index is 0.00274. The van der Waals surface area contributed by atoms with Gasteiger partial charge >= 0.3 is 0 Å². The van der Waals surface area contributed by atoms with Gasteiger partial charge in [-0.3, -0.25) is 4.79 Å². The Morgan fingerprint density at radius 2 is 1.81 bits per heavy atom. The molecule has 0 saturated heterocycles. The number of nitrogens with one attached hydrogen (secondary N) is 1. The van der Waals surface area contributed by atoms with Crippen molar-refractivity contribution in [2.75, 3.05) is 20.2 Å². The molecule has 0 aromatic heterocycles. The fourth-order valence-corrected chi connectivity index (χ4v) is 2.43. The molecule has 0 aliphatic rings. The highest BCUT2D eigenvalue weighted by atomic mass is 16.5. The fourth-order valence-electron chi connectivity index (χ4n) is 2.43. The molecule has 1 N–H and O–H groups in total. The standard InChI is InChI=1S/C21H24N4O2/c1-27-20-10-6-18(7-11-20)16-21(26)23-15-12-17-4-8-19(9-5-17)25-24-14-3-2-13-22/h4-11H,2-3,12,14-16H2,1H3,(H,23,26). The number of rotatable bonds is 10. The largest absolute Gasteiger partial charge is 0.497 e. The molecule has 6 heteroatoms. The van der Waals surface area contributed by atoms with E-state index in [0.29, 0.717) is 25.9 Å². The quantitative estimate of drug-likeness (QED) is 0.511. The maximum Gasteiger partial charge on any atom is 0.224 e. The zero-order valence-electron chi connectivity index (χ0n) is 15.5. The van der Waals surface area contributed by atoms with Gasteiger partial charge < -0.3 is 10.1 Å². The first-order chi connectivity index (χ1) is 13.2. The molecule has 6 nitrogen and oxygen atoms in total. The van der Waals surface area contributed by atoms with Crippen LogP contribution >= 0.6 is 0 Å². The molecule has 0 fully saturated rings. The topological polar surface area (TPSA) is 86.8 Å². The molecule has 0 unspecified atom stereocenters. The molecule has 2 aromatic carbocycles. The van der Waals surface area contributed by atoms with Gasteiger partial charge in [-0.25, -0.2) is 0 Å². The number of hydrogen-bond donors (Lipinski definition) is 1. The van der Waals surface area contributed by atoms with Crippen molar-refractivity contribution < 1.29 is 9.53 Å². The van der Waals surface area contributed by atoms with Crippen LogP contribution in [0.1, 0.15) is 24.0 Å². The Morgan fingerprint density at radius 1 is 1.11 bits per heavy atom. The molecule has 1 amide bonds. The van der Waals surface area contributed by atoms with Crippen molar-refractivity contribution in [1.82, 2.24) is 5.32 Å². The van der Waals surface area contributed by atoms with Crippen molar-refractivity contribution in [3.8, 4) is 11.8 Å². The van der Waals surface area contributed by atoms with E-state index in [9.17, 15) is 4.79 Å². The van der Waals surface area contributed by atoms with Gasteiger partial charge in [-0.1, -0.05) is 24.3 Å². The first-order valence-corrected chi connectivity index (χ1v) is 8.94. The third-order valence-electron chi connectivity index (χ3n) is 3.93. The highest BCUT2D eigenvalue weighted by Crippen LogP contribution is 2.14. The second-order valence-corrected chi connectivity index (χ2v) is 6.02. The molecule has 0 aliphatic carbocycles. The van der Waals surface area contributed by atoms with Crippen molar-refractivity contribution >= 4 is 11.6 Å². The Kier molecular flexibility index (Phi) is 8.51. The van der Waals surface area contributed by atoms with Crippen LogP contribution < -0.4 is 10.1 Å². The molecular weight excluding hydrogens is 340 g/mol. The Balaban J connectivity index is 1.69. The number of ether oxygens (including phenoxy) is 1. The highest BCUT2D eigenvalue weighted by molar-refractivity contribution is 5.78. The minimum Gasteiger partial charge on any atom is -0.497 e. The van der Waals surface area contributed by atoms with Crippen LogP contribution in [-0.2, 0) is 17.6 Å². The van der Waals surface area contributed by atoms with Gasteiger partial charge in [0.05, 0.1) is 31.8 Å². The summed E-state index contributed by atoms with van der Waals surface area (Å²) < 4.78 is 5.11. The number of methoxy groups -OCH3 is 1. The normalized spacial score (nSPS) is 10.5. The zero-order valence-corrected chi connectivity index (χ0v) is 15.5. The van der Waals surface area contributed by atoms with Gasteiger partial charge in [-0.15, -0.1) is 0 Å². The molecule has 0 radical (unpaired) electrons. The second kappa shape index (κ2) is 11.4. The lowest BCUT2D eigenvalue weighted by Crippen LogP contribution is -2.27. The van der Waals surface area contributed by atoms with E-state index >= 15 is 0 Å². The smallest absolute Gasteiger partial charge is 0.224 e. The summed E-state index contributed by atoms with van der Waals surface area (Å²) in [6.07, 6.45) is 2.35. The van der Waals surface area contributed by atoms with Gasteiger partial charge in [-0.05, 0) is 48.2 Å². The van der Waals surface area contributed by atoms with Gasteiger partial charge in [-0.2, -0.15) is 15.5 Å². The lowest BCUT2D eigenvalue weighted by molar-refractivity contribution is -0.120. The summed E-state index contributed by atoms with van der Waals surface area (Å²) in [6, 6.07) is 17.4. The van der Waals surface area contributed by atoms with Gasteiger partial charge in [0.25, 0.3) is 0 Å². The average molecular weight is 364 g/mol. The maximum absolute atomic E-state index is 12.0. The number of nitrogens with zero attached hydrogens (tertiary/aromatic N) is 3. The van der Waals surface area contributed by atoms with Crippen LogP contribution in [0, 0.1) is 11.3 Å². The number of amides is 1. The third kappa shape index (κ3) is 7.70. The first-order valence-electron chi connectivity index (χ1n) is 8.94. The van der Waals surface area contributed by atoms with Crippen LogP contribution in [0.25, 0.3) is 0 Å². The number of carbonyl (C=O) groups is 1. The number of azo groups is 1. The minimum absolute atomic E-state index is 0.00274. The molecule has 27 heavy (non-hydrogen) atoms. The molecular formula is C21H24N4O2. The van der Waals surface area contributed by atoms with E-state index in [1.54, 1.807) is 7.11 Å². The summed E-state index contributed by atoms with van der Waals surface area (Å²) >= 11 is 0. The number of nitriles is 1. The third-order valence-corrected chi connectivity index (χ3v) is 3.93. The molecule has 0 aliphatic heterocycles. The van der Waals surface area contributed by atoms with Crippen LogP contribution in [0.15, 0.2) is 58.8 Å². The van der Waals surface area contributed by atoms with E-state index in [4.69, 9.17) is 10.00 Å². The Hall–Kier alpha value is -3.20. The van der Waals surface area contributed by atoms with Gasteiger partial charge in [0.2, 0.25) is 5.91 Å². The van der Waals surface area contributed by atoms with Crippen molar-refractivity contribution in [3.63, 3.8) is 0 Å². The first kappa shape index (κ1) is 20.1. The molecule has 0 atom stereocenters. The Labute approximate surface area is 159 Å². The highest BCUT2D eigenvalue weighted by Gasteiger charge is 2.03. The summed E-state index contributed by atoms with van der Waals surface area (Å²) in [5, 5.41) is 19.6. The van der Waals surface area contributed by atoms with Gasteiger partial charge in [0.1, 0.15) is 5.75 Å². The van der Waals surface area contributed by atoms with Crippen LogP contribution in [0.4, 0.5) is 5.69 Å². The number of unbranched alkanes of at least 4 members (excludes halogenated alkanes) is 1. The SMILES string of the molecule is COc1ccc(CC(=O)NCCc2ccc(N=NCCCC#N)cc2)cc1. The number of benzene rings is 2. The van der Waals surface area contributed by atoms with Crippen LogP contribution in [-0.4, -0.2) is 26.1 Å². The summed E-state index contributed by atoms with van der Waals surface area (Å²) in [5.41, 5.74) is 2.88. The Morgan fingerprint density at radius 3 is 2.48 bits per heavy atom. The monoisotopic (exact) mass is 364 g/mol. The van der Waals surface area contributed by atoms with E-state index < -0.39 is 0 Å². The van der Waals surface area contributed by atoms with Crippen molar-refractivity contribution in [3.05, 3.63) is 59.7 Å². The summed E-state index contributed by atoms with van der Waals surface area (Å²) in [7, 11) is 1.62. The van der Waals surface area contributed by atoms with E-state index in [0.717, 1.165) is 35.4 Å². The lowest BCUT2D eigenvalue weighted by Gasteiger charge is -2.06. The summed E-state index contributed by atoms with van der Waals surface area (Å²) in [6.45, 7) is 1.15. The van der Waals surface area contributed by atoms with Gasteiger partial charge in [0.15, 0.2) is 0 Å². The molecule has 140 valence electrons. The van der Waals surface area contributed by atoms with Crippen LogP contribution in [0.5, 0.6) is 5.75 Å². The molecule has 2 rings (SSSR count). The zero-order chi connectivity index (χ0) is 19.3. The van der Waals surface area contributed by atoms with Crippen molar-refractivity contribution in [2.24, 2.45) is 10.2 Å². The fraction of sp³-hybridized carbons (Fsp3) is 0.333. The van der Waals surface area contributed by atoms with Crippen LogP contribution in [0.3, 0.4) is 0 Å². The molecule has 2 aromatic rings. The number of hydrogen-bond acceptors (Lipinski definition) is 5. The summed E-state index contributed by atoms with van der Waals surface area (Å²) in [5.74, 6) is 0.785. The predicted molar refractivity (Wildman–Crippen MR) is 104 cm³/mol. The average Bonchev–Trinajstić information content (AvgIpc) is 2.69. The van der Waals surface area contributed by atoms with Crippen molar-refractivity contribution in [1.29, 1.82) is 5.26 Å².